The zero-order chi connectivity index (χ0) is 9.10. The highest BCUT2D eigenvalue weighted by molar-refractivity contribution is 8.01. The molecule has 2 rings (SSSR count). The average molecular weight is 230 g/mol. The Morgan fingerprint density at radius 3 is 3.08 bits per heavy atom. The Morgan fingerprint density at radius 2 is 2.38 bits per heavy atom. The zero-order valence-electron chi connectivity index (χ0n) is 6.35. The molecule has 0 bridgehead atoms. The van der Waals surface area contributed by atoms with E-state index >= 15 is 0 Å². The van der Waals surface area contributed by atoms with Crippen LogP contribution in [0.3, 0.4) is 0 Å². The van der Waals surface area contributed by atoms with Gasteiger partial charge in [0.1, 0.15) is 5.03 Å². The second-order valence-corrected chi connectivity index (χ2v) is 4.70. The van der Waals surface area contributed by atoms with Crippen LogP contribution in [-0.4, -0.2) is 15.2 Å². The zero-order valence-corrected chi connectivity index (χ0v) is 8.73. The Labute approximate surface area is 88.2 Å². The SMILES string of the molecule is Clc1nncc(Sc2cccs2)n1. The summed E-state index contributed by atoms with van der Waals surface area (Å²) in [5, 5.41) is 10.2. The summed E-state index contributed by atoms with van der Waals surface area (Å²) in [6.45, 7) is 0. The predicted octanol–water partition coefficient (Wildman–Crippen LogP) is 2.74. The number of rotatable bonds is 2. The molecule has 0 saturated heterocycles. The highest BCUT2D eigenvalue weighted by atomic mass is 35.5. The monoisotopic (exact) mass is 229 g/mol. The number of hydrogen-bond acceptors (Lipinski definition) is 5. The van der Waals surface area contributed by atoms with Gasteiger partial charge in [0.15, 0.2) is 0 Å². The summed E-state index contributed by atoms with van der Waals surface area (Å²) in [4.78, 5) is 4.01. The summed E-state index contributed by atoms with van der Waals surface area (Å²) in [6.07, 6.45) is 1.59. The highest BCUT2D eigenvalue weighted by Crippen LogP contribution is 2.29. The van der Waals surface area contributed by atoms with Gasteiger partial charge in [0, 0.05) is 0 Å². The highest BCUT2D eigenvalue weighted by Gasteiger charge is 2.01. The van der Waals surface area contributed by atoms with Gasteiger partial charge >= 0.3 is 0 Å². The molecule has 13 heavy (non-hydrogen) atoms. The van der Waals surface area contributed by atoms with E-state index in [2.05, 4.69) is 15.2 Å². The van der Waals surface area contributed by atoms with Crippen molar-refractivity contribution in [3.05, 3.63) is 29.0 Å². The molecule has 6 heteroatoms. The summed E-state index contributed by atoms with van der Waals surface area (Å²) in [6, 6.07) is 4.01. The number of thiophene rings is 1. The first-order valence-corrected chi connectivity index (χ1v) is 5.48. The van der Waals surface area contributed by atoms with Crippen LogP contribution in [0.2, 0.25) is 5.28 Å². The van der Waals surface area contributed by atoms with Crippen LogP contribution in [0.25, 0.3) is 0 Å². The third kappa shape index (κ3) is 2.40. The lowest BCUT2D eigenvalue weighted by Gasteiger charge is -1.94. The van der Waals surface area contributed by atoms with Crippen LogP contribution >= 0.6 is 34.7 Å². The van der Waals surface area contributed by atoms with Crippen LogP contribution < -0.4 is 0 Å². The van der Waals surface area contributed by atoms with Crippen LogP contribution in [0.15, 0.2) is 32.9 Å². The molecule has 2 aromatic rings. The first-order valence-electron chi connectivity index (χ1n) is 3.41. The number of halogens is 1. The maximum absolute atomic E-state index is 5.59. The fourth-order valence-electron chi connectivity index (χ4n) is 0.742. The summed E-state index contributed by atoms with van der Waals surface area (Å²) >= 11 is 8.77. The molecule has 0 aliphatic heterocycles. The molecule has 3 nitrogen and oxygen atoms in total. The third-order valence-corrected chi connectivity index (χ3v) is 3.31. The van der Waals surface area contributed by atoms with Crippen LogP contribution in [0.1, 0.15) is 0 Å². The minimum Gasteiger partial charge on any atom is -0.208 e. The largest absolute Gasteiger partial charge is 0.244 e. The van der Waals surface area contributed by atoms with Gasteiger partial charge in [0.05, 0.1) is 10.4 Å². The van der Waals surface area contributed by atoms with Crippen molar-refractivity contribution in [2.75, 3.05) is 0 Å². The molecule has 0 radical (unpaired) electrons. The van der Waals surface area contributed by atoms with Crippen LogP contribution in [0.5, 0.6) is 0 Å². The van der Waals surface area contributed by atoms with E-state index in [-0.39, 0.29) is 5.28 Å². The fourth-order valence-corrected chi connectivity index (χ4v) is 2.58. The van der Waals surface area contributed by atoms with Gasteiger partial charge in [0.25, 0.3) is 0 Å². The summed E-state index contributed by atoms with van der Waals surface area (Å²) in [7, 11) is 0. The summed E-state index contributed by atoms with van der Waals surface area (Å²) in [5.41, 5.74) is 0. The van der Waals surface area contributed by atoms with Crippen molar-refractivity contribution in [3.63, 3.8) is 0 Å². The van der Waals surface area contributed by atoms with Crippen molar-refractivity contribution >= 4 is 34.7 Å². The van der Waals surface area contributed by atoms with E-state index in [1.54, 1.807) is 17.5 Å². The van der Waals surface area contributed by atoms with Crippen LogP contribution in [0.4, 0.5) is 0 Å². The topological polar surface area (TPSA) is 38.7 Å². The molecule has 0 amide bonds. The minimum absolute atomic E-state index is 0.182. The molecule has 0 aliphatic rings. The fraction of sp³-hybridized carbons (Fsp3) is 0. The van der Waals surface area contributed by atoms with Gasteiger partial charge in [-0.15, -0.1) is 16.4 Å². The van der Waals surface area contributed by atoms with Crippen molar-refractivity contribution in [3.8, 4) is 0 Å². The first kappa shape index (κ1) is 8.93. The maximum atomic E-state index is 5.59. The van der Waals surface area contributed by atoms with Crippen molar-refractivity contribution < 1.29 is 0 Å². The quantitative estimate of drug-likeness (QED) is 0.794. The lowest BCUT2D eigenvalue weighted by atomic mass is 10.7. The molecule has 0 saturated carbocycles. The van der Waals surface area contributed by atoms with Gasteiger partial charge in [-0.05, 0) is 23.0 Å². The van der Waals surface area contributed by atoms with E-state index in [1.165, 1.54) is 11.8 Å². The predicted molar refractivity (Wildman–Crippen MR) is 53.3 cm³/mol. The number of hydrogen-bond donors (Lipinski definition) is 0. The van der Waals surface area contributed by atoms with Crippen LogP contribution in [-0.2, 0) is 0 Å². The molecule has 0 spiro atoms. The van der Waals surface area contributed by atoms with Gasteiger partial charge in [-0.3, -0.25) is 0 Å². The second kappa shape index (κ2) is 4.04. The van der Waals surface area contributed by atoms with Gasteiger partial charge < -0.3 is 0 Å². The van der Waals surface area contributed by atoms with Crippen molar-refractivity contribution in [2.45, 2.75) is 9.24 Å². The van der Waals surface area contributed by atoms with E-state index < -0.39 is 0 Å². The number of nitrogens with zero attached hydrogens (tertiary/aromatic N) is 3. The molecule has 2 heterocycles. The standard InChI is InChI=1S/C7H4ClN3S2/c8-7-10-5(4-9-11-7)13-6-2-1-3-12-6/h1-4H. The van der Waals surface area contributed by atoms with Gasteiger partial charge in [0.2, 0.25) is 5.28 Å². The Morgan fingerprint density at radius 1 is 1.46 bits per heavy atom. The Hall–Kier alpha value is -0.650. The van der Waals surface area contributed by atoms with Gasteiger partial charge in [-0.25, -0.2) is 4.98 Å². The van der Waals surface area contributed by atoms with Crippen LogP contribution in [0, 0.1) is 0 Å². The van der Waals surface area contributed by atoms with Gasteiger partial charge in [-0.2, -0.15) is 5.10 Å². The van der Waals surface area contributed by atoms with E-state index in [0.717, 1.165) is 9.24 Å². The Balaban J connectivity index is 2.19. The van der Waals surface area contributed by atoms with Crippen molar-refractivity contribution in [2.24, 2.45) is 0 Å². The van der Waals surface area contributed by atoms with E-state index in [1.807, 2.05) is 17.5 Å². The molecule has 0 unspecified atom stereocenters. The third-order valence-electron chi connectivity index (χ3n) is 1.21. The summed E-state index contributed by atoms with van der Waals surface area (Å²) in [5.74, 6) is 0. The molecule has 0 fully saturated rings. The van der Waals surface area contributed by atoms with Gasteiger partial charge in [-0.1, -0.05) is 17.8 Å². The van der Waals surface area contributed by atoms with E-state index in [9.17, 15) is 0 Å². The molecule has 0 aliphatic carbocycles. The second-order valence-electron chi connectivity index (χ2n) is 2.10. The summed E-state index contributed by atoms with van der Waals surface area (Å²) < 4.78 is 1.16. The molecule has 0 aromatic carbocycles. The van der Waals surface area contributed by atoms with E-state index in [4.69, 9.17) is 11.6 Å². The van der Waals surface area contributed by atoms with E-state index in [0.29, 0.717) is 0 Å². The molecule has 66 valence electrons. The molecular formula is C7H4ClN3S2. The lowest BCUT2D eigenvalue weighted by molar-refractivity contribution is 0.904. The smallest absolute Gasteiger partial charge is 0.208 e. The molecule has 2 aromatic heterocycles. The lowest BCUT2D eigenvalue weighted by Crippen LogP contribution is -1.87. The van der Waals surface area contributed by atoms with Crippen molar-refractivity contribution in [1.29, 1.82) is 0 Å². The van der Waals surface area contributed by atoms with Crippen molar-refractivity contribution in [1.82, 2.24) is 15.2 Å². The molecule has 0 atom stereocenters. The maximum Gasteiger partial charge on any atom is 0.244 e. The Kier molecular flexibility index (Phi) is 2.77. The average Bonchev–Trinajstić information content (AvgIpc) is 2.57. The first-order chi connectivity index (χ1) is 6.34. The number of aromatic nitrogens is 3. The normalized spacial score (nSPS) is 10.2. The molecule has 0 N–H and O–H groups in total. The minimum atomic E-state index is 0.182. The molecular weight excluding hydrogens is 226 g/mol. The Bertz CT molecular complexity index is 390.